The molecule has 2 aromatic carbocycles. The molecule has 1 aliphatic heterocycles. The second kappa shape index (κ2) is 8.52. The second-order valence-electron chi connectivity index (χ2n) is 7.55. The third-order valence-corrected chi connectivity index (χ3v) is 6.83. The molecule has 1 fully saturated rings. The maximum atomic E-state index is 10.6. The average molecular weight is 415 g/mol. The fourth-order valence-corrected chi connectivity index (χ4v) is 5.00. The monoisotopic (exact) mass is 414 g/mol. The molecule has 4 rings (SSSR count). The minimum Gasteiger partial charge on any atom is -0.394 e. The highest BCUT2D eigenvalue weighted by Crippen LogP contribution is 2.37. The van der Waals surface area contributed by atoms with Gasteiger partial charge >= 0.3 is 0 Å². The molecule has 5 atom stereocenters. The zero-order valence-electron chi connectivity index (χ0n) is 16.2. The van der Waals surface area contributed by atoms with Crippen LogP contribution in [0.15, 0.2) is 48.5 Å². The lowest BCUT2D eigenvalue weighted by Crippen LogP contribution is -2.55. The predicted octanol–water partition coefficient (Wildman–Crippen LogP) is 2.57. The zero-order chi connectivity index (χ0) is 20.5. The normalized spacial score (nSPS) is 27.4. The van der Waals surface area contributed by atoms with Gasteiger partial charge in [0.25, 0.3) is 0 Å². The van der Waals surface area contributed by atoms with Gasteiger partial charge in [-0.05, 0) is 40.5 Å². The summed E-state index contributed by atoms with van der Waals surface area (Å²) in [7, 11) is 0. The van der Waals surface area contributed by atoms with Crippen molar-refractivity contribution >= 4 is 22.1 Å². The fourth-order valence-electron chi connectivity index (χ4n) is 4.01. The van der Waals surface area contributed by atoms with Gasteiger partial charge in [0.2, 0.25) is 0 Å². The molecule has 0 unspecified atom stereocenters. The van der Waals surface area contributed by atoms with Crippen LogP contribution in [0.25, 0.3) is 10.8 Å². The molecule has 6 heteroatoms. The largest absolute Gasteiger partial charge is 0.394 e. The summed E-state index contributed by atoms with van der Waals surface area (Å²) in [6.07, 6.45) is -4.04. The summed E-state index contributed by atoms with van der Waals surface area (Å²) < 4.78 is 5.84. The van der Waals surface area contributed by atoms with Crippen LogP contribution >= 0.6 is 11.3 Å². The van der Waals surface area contributed by atoms with Crippen LogP contribution in [0.5, 0.6) is 0 Å². The van der Waals surface area contributed by atoms with E-state index < -0.39 is 37.1 Å². The minimum absolute atomic E-state index is 0.436. The van der Waals surface area contributed by atoms with E-state index in [1.807, 2.05) is 30.3 Å². The summed E-state index contributed by atoms with van der Waals surface area (Å²) in [5, 5.41) is 42.5. The summed E-state index contributed by atoms with van der Waals surface area (Å²) in [6.45, 7) is 1.71. The van der Waals surface area contributed by atoms with E-state index in [-0.39, 0.29) is 0 Å². The van der Waals surface area contributed by atoms with Crippen LogP contribution in [0.2, 0.25) is 0 Å². The quantitative estimate of drug-likeness (QED) is 0.515. The van der Waals surface area contributed by atoms with Gasteiger partial charge in [0.15, 0.2) is 0 Å². The number of fused-ring (bicyclic) bond motifs is 1. The lowest BCUT2D eigenvalue weighted by molar-refractivity contribution is -0.231. The first-order valence-electron chi connectivity index (χ1n) is 9.91. The topological polar surface area (TPSA) is 90.2 Å². The Morgan fingerprint density at radius 2 is 1.69 bits per heavy atom. The van der Waals surface area contributed by atoms with Gasteiger partial charge in [-0.15, -0.1) is 11.3 Å². The summed E-state index contributed by atoms with van der Waals surface area (Å²) in [6, 6.07) is 16.3. The zero-order valence-corrected chi connectivity index (χ0v) is 17.0. The molecule has 5 nitrogen and oxygen atoms in total. The van der Waals surface area contributed by atoms with E-state index in [9.17, 15) is 20.4 Å². The van der Waals surface area contributed by atoms with Crippen molar-refractivity contribution in [3.05, 3.63) is 69.4 Å². The van der Waals surface area contributed by atoms with E-state index >= 15 is 0 Å². The molecule has 0 bridgehead atoms. The van der Waals surface area contributed by atoms with Gasteiger partial charge in [-0.1, -0.05) is 43.3 Å². The minimum atomic E-state index is -1.39. The highest BCUT2D eigenvalue weighted by Gasteiger charge is 2.44. The predicted molar refractivity (Wildman–Crippen MR) is 113 cm³/mol. The molecular weight excluding hydrogens is 388 g/mol. The number of aliphatic hydroxyl groups excluding tert-OH is 4. The molecule has 1 aromatic heterocycles. The van der Waals surface area contributed by atoms with Crippen molar-refractivity contribution in [2.75, 3.05) is 6.61 Å². The van der Waals surface area contributed by atoms with Gasteiger partial charge in [-0.25, -0.2) is 0 Å². The molecule has 1 aliphatic rings. The first-order valence-corrected chi connectivity index (χ1v) is 10.7. The number of hydrogen-bond donors (Lipinski definition) is 4. The Labute approximate surface area is 173 Å². The highest BCUT2D eigenvalue weighted by molar-refractivity contribution is 7.12. The first-order chi connectivity index (χ1) is 14.0. The van der Waals surface area contributed by atoms with Crippen LogP contribution in [0, 0.1) is 0 Å². The standard InChI is InChI=1S/C23H26O5S/c1-2-15-7-8-16(29-15)10-13-9-14-5-3-4-6-17(14)18(11-13)23-22(27)21(26)20(25)19(12-24)28-23/h3-9,11,19-27H,2,10,12H2,1H3/t19-,20-,21-,22-,23+/m1/s1. The van der Waals surface area contributed by atoms with Crippen molar-refractivity contribution in [1.29, 1.82) is 0 Å². The van der Waals surface area contributed by atoms with E-state index in [0.29, 0.717) is 0 Å². The van der Waals surface area contributed by atoms with Crippen LogP contribution in [0.1, 0.15) is 33.9 Å². The molecule has 0 spiro atoms. The van der Waals surface area contributed by atoms with Gasteiger partial charge in [0.05, 0.1) is 6.61 Å². The van der Waals surface area contributed by atoms with Crippen molar-refractivity contribution < 1.29 is 25.2 Å². The first kappa shape index (κ1) is 20.5. The third-order valence-electron chi connectivity index (χ3n) is 5.60. The molecule has 0 saturated carbocycles. The van der Waals surface area contributed by atoms with Crippen LogP contribution in [-0.4, -0.2) is 51.4 Å². The van der Waals surface area contributed by atoms with E-state index in [0.717, 1.165) is 34.7 Å². The lowest BCUT2D eigenvalue weighted by Gasteiger charge is -2.40. The summed E-state index contributed by atoms with van der Waals surface area (Å²) in [5.41, 5.74) is 1.84. The van der Waals surface area contributed by atoms with Crippen molar-refractivity contribution in [2.45, 2.75) is 50.3 Å². The summed E-state index contributed by atoms with van der Waals surface area (Å²) in [4.78, 5) is 2.60. The van der Waals surface area contributed by atoms with Gasteiger partial charge in [-0.3, -0.25) is 0 Å². The Morgan fingerprint density at radius 3 is 2.41 bits per heavy atom. The molecule has 154 valence electrons. The molecule has 0 radical (unpaired) electrons. The van der Waals surface area contributed by atoms with Crippen molar-refractivity contribution in [3.63, 3.8) is 0 Å². The number of thiophene rings is 1. The van der Waals surface area contributed by atoms with Crippen LogP contribution in [0.3, 0.4) is 0 Å². The number of hydrogen-bond acceptors (Lipinski definition) is 6. The van der Waals surface area contributed by atoms with Crippen LogP contribution < -0.4 is 0 Å². The van der Waals surface area contributed by atoms with Crippen molar-refractivity contribution in [1.82, 2.24) is 0 Å². The molecule has 3 aromatic rings. The SMILES string of the molecule is CCc1ccc(Cc2cc([C@@H]3O[C@H](CO)[C@@H](O)[C@@H](O)[C@H]3O)c3ccccc3c2)s1. The van der Waals surface area contributed by atoms with Crippen LogP contribution in [0.4, 0.5) is 0 Å². The average Bonchev–Trinajstić information content (AvgIpc) is 3.19. The van der Waals surface area contributed by atoms with Crippen molar-refractivity contribution in [2.24, 2.45) is 0 Å². The Balaban J connectivity index is 1.76. The molecular formula is C23H26O5S. The fraction of sp³-hybridized carbons (Fsp3) is 0.391. The number of benzene rings is 2. The van der Waals surface area contributed by atoms with E-state index in [1.165, 1.54) is 9.75 Å². The Bertz CT molecular complexity index is 982. The van der Waals surface area contributed by atoms with E-state index in [4.69, 9.17) is 4.74 Å². The molecule has 1 saturated heterocycles. The summed E-state index contributed by atoms with van der Waals surface area (Å²) in [5.74, 6) is 0. The maximum absolute atomic E-state index is 10.6. The molecule has 0 amide bonds. The smallest absolute Gasteiger partial charge is 0.113 e. The Hall–Kier alpha value is -1.80. The third kappa shape index (κ3) is 3.97. The van der Waals surface area contributed by atoms with Gasteiger partial charge in [-0.2, -0.15) is 0 Å². The number of ether oxygens (including phenoxy) is 1. The Kier molecular flexibility index (Phi) is 6.01. The van der Waals surface area contributed by atoms with Gasteiger partial charge < -0.3 is 25.2 Å². The second-order valence-corrected chi connectivity index (χ2v) is 8.81. The lowest BCUT2D eigenvalue weighted by atomic mass is 9.87. The summed E-state index contributed by atoms with van der Waals surface area (Å²) >= 11 is 1.79. The molecule has 0 aliphatic carbocycles. The van der Waals surface area contributed by atoms with Gasteiger partial charge in [0, 0.05) is 16.2 Å². The number of aliphatic hydroxyl groups is 4. The van der Waals surface area contributed by atoms with Gasteiger partial charge in [0.1, 0.15) is 30.5 Å². The van der Waals surface area contributed by atoms with Crippen LogP contribution in [-0.2, 0) is 17.6 Å². The maximum Gasteiger partial charge on any atom is 0.113 e. The molecule has 2 heterocycles. The molecule has 29 heavy (non-hydrogen) atoms. The van der Waals surface area contributed by atoms with E-state index in [2.05, 4.69) is 25.1 Å². The number of rotatable bonds is 5. The number of aryl methyl sites for hydroxylation is 1. The van der Waals surface area contributed by atoms with Crippen molar-refractivity contribution in [3.8, 4) is 0 Å². The van der Waals surface area contributed by atoms with E-state index in [1.54, 1.807) is 11.3 Å². The molecule has 4 N–H and O–H groups in total. The highest BCUT2D eigenvalue weighted by atomic mass is 32.1. The Morgan fingerprint density at radius 1 is 0.931 bits per heavy atom.